The van der Waals surface area contributed by atoms with Crippen LogP contribution in [0.25, 0.3) is 0 Å². The number of carbonyl (C=O) groups excluding carboxylic acids is 1. The van der Waals surface area contributed by atoms with Crippen LogP contribution in [0.15, 0.2) is 60.7 Å². The van der Waals surface area contributed by atoms with E-state index in [1.54, 1.807) is 18.4 Å². The molecular weight excluding hydrogens is 444 g/mol. The van der Waals surface area contributed by atoms with Gasteiger partial charge in [0.05, 0.1) is 17.0 Å². The average Bonchev–Trinajstić information content (AvgIpc) is 3.54. The molecule has 3 aromatic rings. The summed E-state index contributed by atoms with van der Waals surface area (Å²) in [4.78, 5) is 20.7. The molecule has 0 bridgehead atoms. The first kappa shape index (κ1) is 22.7. The fourth-order valence-corrected chi connectivity index (χ4v) is 5.74. The summed E-state index contributed by atoms with van der Waals surface area (Å²) >= 11 is 1.58. The summed E-state index contributed by atoms with van der Waals surface area (Å²) in [6.07, 6.45) is 2.02. The van der Waals surface area contributed by atoms with E-state index < -0.39 is 0 Å². The molecule has 3 heterocycles. The van der Waals surface area contributed by atoms with Gasteiger partial charge >= 0.3 is 0 Å². The molecule has 0 atom stereocenters. The van der Waals surface area contributed by atoms with Crippen molar-refractivity contribution in [2.24, 2.45) is 0 Å². The number of fused-ring (bicyclic) bond motifs is 1. The summed E-state index contributed by atoms with van der Waals surface area (Å²) in [6.45, 7) is 6.84. The maximum Gasteiger partial charge on any atom is 0.261 e. The quantitative estimate of drug-likeness (QED) is 0.489. The monoisotopic (exact) mass is 476 g/mol. The molecule has 0 radical (unpaired) electrons. The van der Waals surface area contributed by atoms with Crippen molar-refractivity contribution in [1.82, 2.24) is 10.2 Å². The van der Waals surface area contributed by atoms with Crippen molar-refractivity contribution >= 4 is 33.6 Å². The zero-order valence-corrected chi connectivity index (χ0v) is 20.5. The summed E-state index contributed by atoms with van der Waals surface area (Å²) in [7, 11) is 1.70. The zero-order chi connectivity index (χ0) is 23.3. The molecule has 1 fully saturated rings. The second-order valence-corrected chi connectivity index (χ2v) is 9.87. The smallest absolute Gasteiger partial charge is 0.261 e. The highest BCUT2D eigenvalue weighted by Gasteiger charge is 2.22. The summed E-state index contributed by atoms with van der Waals surface area (Å²) in [5.41, 5.74) is 3.90. The Kier molecular flexibility index (Phi) is 7.02. The Labute approximate surface area is 205 Å². The molecule has 0 saturated carbocycles. The first-order valence-corrected chi connectivity index (χ1v) is 12.9. The highest BCUT2D eigenvalue weighted by atomic mass is 32.1. The molecule has 2 aliphatic heterocycles. The zero-order valence-electron chi connectivity index (χ0n) is 19.7. The number of benzene rings is 2. The molecule has 0 spiro atoms. The molecule has 2 aliphatic rings. The lowest BCUT2D eigenvalue weighted by Gasteiger charge is -2.36. The fourth-order valence-electron chi connectivity index (χ4n) is 4.78. The number of hydrogen-bond acceptors (Lipinski definition) is 6. The standard InChI is InChI=1S/C27H32N4O2S/c1-33-23-9-7-22(8-10-23)30-19-17-29(18-20-30)15-4-14-28-27(32)25-11-12-26(34-25)31-16-13-21-5-2-3-6-24(21)31/h2-3,5-12H,4,13-20H2,1H3,(H,28,32). The topological polar surface area (TPSA) is 48.1 Å². The number of rotatable bonds is 8. The molecular formula is C27H32N4O2S. The summed E-state index contributed by atoms with van der Waals surface area (Å²) < 4.78 is 5.25. The van der Waals surface area contributed by atoms with Crippen LogP contribution in [-0.4, -0.2) is 63.7 Å². The van der Waals surface area contributed by atoms with E-state index in [4.69, 9.17) is 4.74 Å². The Balaban J connectivity index is 1.03. The third-order valence-corrected chi connectivity index (χ3v) is 7.82. The molecule has 5 rings (SSSR count). The van der Waals surface area contributed by atoms with Gasteiger partial charge in [-0.3, -0.25) is 9.69 Å². The van der Waals surface area contributed by atoms with Gasteiger partial charge in [0, 0.05) is 50.6 Å². The van der Waals surface area contributed by atoms with Gasteiger partial charge in [0.15, 0.2) is 0 Å². The molecule has 7 heteroatoms. The van der Waals surface area contributed by atoms with Gasteiger partial charge < -0.3 is 19.9 Å². The third kappa shape index (κ3) is 5.05. The van der Waals surface area contributed by atoms with Gasteiger partial charge in [0.2, 0.25) is 0 Å². The van der Waals surface area contributed by atoms with Gasteiger partial charge in [-0.05, 0) is 67.4 Å². The molecule has 34 heavy (non-hydrogen) atoms. The minimum atomic E-state index is 0.0352. The first-order chi connectivity index (χ1) is 16.7. The SMILES string of the molecule is COc1ccc(N2CCN(CCCNC(=O)c3ccc(N4CCc5ccccc54)s3)CC2)cc1. The van der Waals surface area contributed by atoms with Crippen molar-refractivity contribution in [2.45, 2.75) is 12.8 Å². The van der Waals surface area contributed by atoms with Crippen LogP contribution in [0.5, 0.6) is 5.75 Å². The number of nitrogens with one attached hydrogen (secondary N) is 1. The van der Waals surface area contributed by atoms with E-state index in [-0.39, 0.29) is 5.91 Å². The number of piperazine rings is 1. The number of hydrogen-bond donors (Lipinski definition) is 1. The number of ether oxygens (including phenoxy) is 1. The number of anilines is 3. The van der Waals surface area contributed by atoms with Crippen LogP contribution in [0.2, 0.25) is 0 Å². The molecule has 6 nitrogen and oxygen atoms in total. The van der Waals surface area contributed by atoms with Crippen LogP contribution in [0.3, 0.4) is 0 Å². The van der Waals surface area contributed by atoms with E-state index in [1.807, 2.05) is 18.2 Å². The lowest BCUT2D eigenvalue weighted by molar-refractivity contribution is 0.0955. The predicted molar refractivity (Wildman–Crippen MR) is 140 cm³/mol. The Morgan fingerprint density at radius 3 is 2.56 bits per heavy atom. The summed E-state index contributed by atoms with van der Waals surface area (Å²) in [5.74, 6) is 0.928. The van der Waals surface area contributed by atoms with Gasteiger partial charge in [-0.2, -0.15) is 0 Å². The predicted octanol–water partition coefficient (Wildman–Crippen LogP) is 4.39. The van der Waals surface area contributed by atoms with E-state index in [9.17, 15) is 4.79 Å². The molecule has 1 amide bonds. The van der Waals surface area contributed by atoms with Crippen LogP contribution in [-0.2, 0) is 6.42 Å². The minimum absolute atomic E-state index is 0.0352. The van der Waals surface area contributed by atoms with Crippen molar-refractivity contribution in [3.63, 3.8) is 0 Å². The van der Waals surface area contributed by atoms with E-state index in [1.165, 1.54) is 16.9 Å². The van der Waals surface area contributed by atoms with E-state index in [0.29, 0.717) is 6.54 Å². The normalized spacial score (nSPS) is 15.9. The van der Waals surface area contributed by atoms with Crippen molar-refractivity contribution in [3.05, 3.63) is 71.1 Å². The molecule has 1 aromatic heterocycles. The van der Waals surface area contributed by atoms with Gasteiger partial charge in [-0.1, -0.05) is 18.2 Å². The van der Waals surface area contributed by atoms with Gasteiger partial charge in [0.1, 0.15) is 5.75 Å². The van der Waals surface area contributed by atoms with E-state index >= 15 is 0 Å². The lowest BCUT2D eigenvalue weighted by Crippen LogP contribution is -2.47. The van der Waals surface area contributed by atoms with Crippen LogP contribution in [0.4, 0.5) is 16.4 Å². The Morgan fingerprint density at radius 2 is 1.76 bits per heavy atom. The molecule has 2 aromatic carbocycles. The number of nitrogens with zero attached hydrogens (tertiary/aromatic N) is 3. The highest BCUT2D eigenvalue weighted by molar-refractivity contribution is 7.18. The number of methoxy groups -OCH3 is 1. The third-order valence-electron chi connectivity index (χ3n) is 6.72. The maximum atomic E-state index is 12.7. The molecule has 178 valence electrons. The first-order valence-electron chi connectivity index (χ1n) is 12.1. The average molecular weight is 477 g/mol. The van der Waals surface area contributed by atoms with Crippen LogP contribution >= 0.6 is 11.3 Å². The van der Waals surface area contributed by atoms with Crippen LogP contribution < -0.4 is 19.9 Å². The fraction of sp³-hybridized carbons (Fsp3) is 0.370. The Hall–Kier alpha value is -3.03. The van der Waals surface area contributed by atoms with Crippen molar-refractivity contribution in [1.29, 1.82) is 0 Å². The Bertz CT molecular complexity index is 1110. The molecule has 0 unspecified atom stereocenters. The molecule has 1 saturated heterocycles. The summed E-state index contributed by atoms with van der Waals surface area (Å²) in [6, 6.07) is 20.8. The highest BCUT2D eigenvalue weighted by Crippen LogP contribution is 2.38. The van der Waals surface area contributed by atoms with Crippen LogP contribution in [0.1, 0.15) is 21.7 Å². The van der Waals surface area contributed by atoms with Crippen molar-refractivity contribution < 1.29 is 9.53 Å². The van der Waals surface area contributed by atoms with Gasteiger partial charge in [-0.25, -0.2) is 0 Å². The molecule has 0 aliphatic carbocycles. The second kappa shape index (κ2) is 10.5. The van der Waals surface area contributed by atoms with Gasteiger partial charge in [0.25, 0.3) is 5.91 Å². The Morgan fingerprint density at radius 1 is 0.971 bits per heavy atom. The van der Waals surface area contributed by atoms with E-state index in [0.717, 1.165) is 67.7 Å². The maximum absolute atomic E-state index is 12.7. The van der Waals surface area contributed by atoms with Crippen molar-refractivity contribution in [2.75, 3.05) is 62.7 Å². The molecule has 1 N–H and O–H groups in total. The number of para-hydroxylation sites is 1. The summed E-state index contributed by atoms with van der Waals surface area (Å²) in [5, 5.41) is 4.25. The largest absolute Gasteiger partial charge is 0.497 e. The lowest BCUT2D eigenvalue weighted by atomic mass is 10.2. The van der Waals surface area contributed by atoms with E-state index in [2.05, 4.69) is 62.5 Å². The minimum Gasteiger partial charge on any atom is -0.497 e. The number of carbonyl (C=O) groups is 1. The second-order valence-electron chi connectivity index (χ2n) is 8.80. The van der Waals surface area contributed by atoms with Crippen molar-refractivity contribution in [3.8, 4) is 5.75 Å². The number of thiophene rings is 1. The van der Waals surface area contributed by atoms with Crippen LogP contribution in [0, 0.1) is 0 Å². The number of amides is 1. The van der Waals surface area contributed by atoms with Gasteiger partial charge in [-0.15, -0.1) is 11.3 Å².